The van der Waals surface area contributed by atoms with Crippen LogP contribution < -0.4 is 5.32 Å². The number of nitrogens with zero attached hydrogens (tertiary/aromatic N) is 1. The summed E-state index contributed by atoms with van der Waals surface area (Å²) >= 11 is 0. The fraction of sp³-hybridized carbons (Fsp3) is 0.500. The molecule has 150 valence electrons. The SMILES string of the molecule is CCOC(=O)C1C(C)NC(C)C(C(=O)OCC)C1c1ccnc2ccccc12. The number of rotatable bonds is 5. The second-order valence-electron chi connectivity index (χ2n) is 7.24. The Morgan fingerprint density at radius 1 is 0.964 bits per heavy atom. The zero-order valence-corrected chi connectivity index (χ0v) is 16.8. The Balaban J connectivity index is 2.19. The second kappa shape index (κ2) is 8.69. The van der Waals surface area contributed by atoms with Crippen LogP contribution in [0.3, 0.4) is 0 Å². The Hall–Kier alpha value is -2.47. The highest BCUT2D eigenvalue weighted by molar-refractivity contribution is 5.86. The molecule has 6 heteroatoms. The highest BCUT2D eigenvalue weighted by Crippen LogP contribution is 2.43. The summed E-state index contributed by atoms with van der Waals surface area (Å²) in [6.45, 7) is 8.12. The summed E-state index contributed by atoms with van der Waals surface area (Å²) in [7, 11) is 0. The van der Waals surface area contributed by atoms with Gasteiger partial charge in [0.2, 0.25) is 0 Å². The van der Waals surface area contributed by atoms with Gasteiger partial charge in [-0.05, 0) is 45.4 Å². The average Bonchev–Trinajstić information content (AvgIpc) is 2.67. The topological polar surface area (TPSA) is 77.5 Å². The average molecular weight is 384 g/mol. The Labute approximate surface area is 165 Å². The lowest BCUT2D eigenvalue weighted by Crippen LogP contribution is -2.58. The molecule has 4 atom stereocenters. The number of benzene rings is 1. The van der Waals surface area contributed by atoms with E-state index in [0.717, 1.165) is 16.5 Å². The van der Waals surface area contributed by atoms with Gasteiger partial charge >= 0.3 is 11.9 Å². The Morgan fingerprint density at radius 3 is 2.11 bits per heavy atom. The molecule has 4 unspecified atom stereocenters. The van der Waals surface area contributed by atoms with Crippen molar-refractivity contribution in [2.45, 2.75) is 45.7 Å². The number of hydrogen-bond donors (Lipinski definition) is 1. The van der Waals surface area contributed by atoms with Crippen LogP contribution in [-0.2, 0) is 19.1 Å². The number of carbonyl (C=O) groups is 2. The maximum absolute atomic E-state index is 12.9. The smallest absolute Gasteiger partial charge is 0.311 e. The number of ether oxygens (including phenoxy) is 2. The second-order valence-corrected chi connectivity index (χ2v) is 7.24. The van der Waals surface area contributed by atoms with Gasteiger partial charge in [-0.2, -0.15) is 0 Å². The van der Waals surface area contributed by atoms with Gasteiger partial charge in [-0.1, -0.05) is 18.2 Å². The molecule has 0 aliphatic carbocycles. The predicted octanol–water partition coefficient (Wildman–Crippen LogP) is 3.06. The van der Waals surface area contributed by atoms with E-state index in [1.165, 1.54) is 0 Å². The van der Waals surface area contributed by atoms with Crippen LogP contribution in [0.25, 0.3) is 10.9 Å². The van der Waals surface area contributed by atoms with Crippen LogP contribution in [0.2, 0.25) is 0 Å². The summed E-state index contributed by atoms with van der Waals surface area (Å²) in [5.74, 6) is -1.96. The van der Waals surface area contributed by atoms with E-state index in [1.807, 2.05) is 44.2 Å². The third kappa shape index (κ3) is 3.74. The molecule has 1 aromatic heterocycles. The number of pyridine rings is 1. The van der Waals surface area contributed by atoms with Gasteiger partial charge in [0, 0.05) is 29.6 Å². The number of carbonyl (C=O) groups excluding carboxylic acids is 2. The first-order valence-electron chi connectivity index (χ1n) is 9.92. The molecule has 0 spiro atoms. The molecule has 28 heavy (non-hydrogen) atoms. The number of piperidine rings is 1. The molecular weight excluding hydrogens is 356 g/mol. The van der Waals surface area contributed by atoms with E-state index in [1.54, 1.807) is 20.0 Å². The molecular formula is C22H28N2O4. The quantitative estimate of drug-likeness (QED) is 0.799. The van der Waals surface area contributed by atoms with Gasteiger partial charge < -0.3 is 14.8 Å². The van der Waals surface area contributed by atoms with Crippen LogP contribution in [0, 0.1) is 11.8 Å². The van der Waals surface area contributed by atoms with Crippen LogP contribution in [-0.4, -0.2) is 42.2 Å². The molecule has 1 aliphatic heterocycles. The summed E-state index contributed by atoms with van der Waals surface area (Å²) in [6, 6.07) is 9.42. The number of nitrogens with one attached hydrogen (secondary N) is 1. The Kier molecular flexibility index (Phi) is 6.29. The number of esters is 2. The summed E-state index contributed by atoms with van der Waals surface area (Å²) < 4.78 is 10.8. The summed E-state index contributed by atoms with van der Waals surface area (Å²) in [6.07, 6.45) is 1.74. The molecule has 3 rings (SSSR count). The molecule has 2 aromatic rings. The van der Waals surface area contributed by atoms with Crippen LogP contribution >= 0.6 is 0 Å². The van der Waals surface area contributed by atoms with Gasteiger partial charge in [0.05, 0.1) is 30.6 Å². The zero-order chi connectivity index (χ0) is 20.3. The van der Waals surface area contributed by atoms with Crippen molar-refractivity contribution in [2.75, 3.05) is 13.2 Å². The van der Waals surface area contributed by atoms with Gasteiger partial charge in [0.25, 0.3) is 0 Å². The Morgan fingerprint density at radius 2 is 1.54 bits per heavy atom. The first-order chi connectivity index (χ1) is 13.5. The van der Waals surface area contributed by atoms with E-state index in [0.29, 0.717) is 13.2 Å². The highest BCUT2D eigenvalue weighted by atomic mass is 16.5. The van der Waals surface area contributed by atoms with Crippen molar-refractivity contribution < 1.29 is 19.1 Å². The highest BCUT2D eigenvalue weighted by Gasteiger charge is 2.50. The molecule has 0 amide bonds. The van der Waals surface area contributed by atoms with Crippen LogP contribution in [0.5, 0.6) is 0 Å². The monoisotopic (exact) mass is 384 g/mol. The van der Waals surface area contributed by atoms with E-state index in [-0.39, 0.29) is 29.9 Å². The fourth-order valence-corrected chi connectivity index (χ4v) is 4.44. The normalized spacial score (nSPS) is 27.4. The largest absolute Gasteiger partial charge is 0.466 e. The summed E-state index contributed by atoms with van der Waals surface area (Å²) in [5.41, 5.74) is 1.77. The first kappa shape index (κ1) is 20.3. The molecule has 1 aromatic carbocycles. The molecule has 6 nitrogen and oxygen atoms in total. The molecule has 1 aliphatic rings. The third-order valence-corrected chi connectivity index (χ3v) is 5.54. The van der Waals surface area contributed by atoms with Crippen molar-refractivity contribution in [3.8, 4) is 0 Å². The van der Waals surface area contributed by atoms with Crippen molar-refractivity contribution >= 4 is 22.8 Å². The van der Waals surface area contributed by atoms with Gasteiger partial charge in [-0.3, -0.25) is 14.6 Å². The first-order valence-corrected chi connectivity index (χ1v) is 9.92. The number of aromatic nitrogens is 1. The molecule has 1 fully saturated rings. The fourth-order valence-electron chi connectivity index (χ4n) is 4.44. The lowest BCUT2D eigenvalue weighted by molar-refractivity contribution is -0.158. The van der Waals surface area contributed by atoms with Crippen LogP contribution in [0.1, 0.15) is 39.2 Å². The van der Waals surface area contributed by atoms with E-state index < -0.39 is 11.8 Å². The van der Waals surface area contributed by atoms with E-state index in [9.17, 15) is 9.59 Å². The summed E-state index contributed by atoms with van der Waals surface area (Å²) in [4.78, 5) is 30.3. The van der Waals surface area contributed by atoms with Crippen molar-refractivity contribution in [2.24, 2.45) is 11.8 Å². The summed E-state index contributed by atoms with van der Waals surface area (Å²) in [5, 5.41) is 4.33. The minimum atomic E-state index is -0.503. The maximum Gasteiger partial charge on any atom is 0.311 e. The predicted molar refractivity (Wildman–Crippen MR) is 107 cm³/mol. The minimum absolute atomic E-state index is 0.142. The molecule has 0 radical (unpaired) electrons. The van der Waals surface area contributed by atoms with E-state index >= 15 is 0 Å². The molecule has 1 saturated heterocycles. The number of fused-ring (bicyclic) bond motifs is 1. The molecule has 0 bridgehead atoms. The minimum Gasteiger partial charge on any atom is -0.466 e. The van der Waals surface area contributed by atoms with Gasteiger partial charge in [0.1, 0.15) is 0 Å². The number of para-hydroxylation sites is 1. The lowest BCUT2D eigenvalue weighted by atomic mass is 9.67. The molecule has 0 saturated carbocycles. The lowest BCUT2D eigenvalue weighted by Gasteiger charge is -2.44. The Bertz CT molecular complexity index is 818. The van der Waals surface area contributed by atoms with Crippen LogP contribution in [0.15, 0.2) is 36.5 Å². The number of hydrogen-bond acceptors (Lipinski definition) is 6. The van der Waals surface area contributed by atoms with Crippen molar-refractivity contribution in [3.05, 3.63) is 42.1 Å². The van der Waals surface area contributed by atoms with Crippen LogP contribution in [0.4, 0.5) is 0 Å². The van der Waals surface area contributed by atoms with E-state index in [2.05, 4.69) is 10.3 Å². The van der Waals surface area contributed by atoms with Gasteiger partial charge in [-0.15, -0.1) is 0 Å². The van der Waals surface area contributed by atoms with Crippen molar-refractivity contribution in [3.63, 3.8) is 0 Å². The maximum atomic E-state index is 12.9. The standard InChI is InChI=1S/C22H28N2O4/c1-5-27-21(25)18-13(3)24-14(4)19(22(26)28-6-2)20(18)16-11-12-23-17-10-8-7-9-15(16)17/h7-14,18-20,24H,5-6H2,1-4H3. The van der Waals surface area contributed by atoms with Crippen molar-refractivity contribution in [1.82, 2.24) is 10.3 Å². The van der Waals surface area contributed by atoms with Gasteiger partial charge in [0.15, 0.2) is 0 Å². The van der Waals surface area contributed by atoms with Gasteiger partial charge in [-0.25, -0.2) is 0 Å². The zero-order valence-electron chi connectivity index (χ0n) is 16.8. The third-order valence-electron chi connectivity index (χ3n) is 5.54. The van der Waals surface area contributed by atoms with Crippen molar-refractivity contribution in [1.29, 1.82) is 0 Å². The molecule has 1 N–H and O–H groups in total. The molecule has 2 heterocycles. The van der Waals surface area contributed by atoms with E-state index in [4.69, 9.17) is 9.47 Å².